The lowest BCUT2D eigenvalue weighted by Gasteiger charge is -2.16. The van der Waals surface area contributed by atoms with E-state index in [-0.39, 0.29) is 6.54 Å². The molecule has 1 aromatic heterocycles. The highest BCUT2D eigenvalue weighted by molar-refractivity contribution is 9.10. The normalized spacial score (nSPS) is 10.1. The molecule has 0 saturated carbocycles. The van der Waals surface area contributed by atoms with Crippen LogP contribution in [0.15, 0.2) is 41.1 Å². The van der Waals surface area contributed by atoms with E-state index < -0.39 is 5.97 Å². The first-order valence-corrected chi connectivity index (χ1v) is 6.61. The van der Waals surface area contributed by atoms with Crippen molar-refractivity contribution in [2.45, 2.75) is 0 Å². The minimum Gasteiger partial charge on any atom is -0.480 e. The summed E-state index contributed by atoms with van der Waals surface area (Å²) in [5.41, 5.74) is 0.888. The van der Waals surface area contributed by atoms with Gasteiger partial charge in [0.05, 0.1) is 0 Å². The van der Waals surface area contributed by atoms with Crippen molar-refractivity contribution in [3.63, 3.8) is 0 Å². The lowest BCUT2D eigenvalue weighted by Crippen LogP contribution is -2.26. The van der Waals surface area contributed by atoms with Gasteiger partial charge < -0.3 is 15.3 Å². The summed E-state index contributed by atoms with van der Waals surface area (Å²) in [5, 5.41) is 11.9. The molecule has 0 radical (unpaired) electrons. The smallest absolute Gasteiger partial charge is 0.323 e. The number of benzene rings is 1. The number of nitrogens with one attached hydrogen (secondary N) is 1. The Bertz CT molecular complexity index is 604. The van der Waals surface area contributed by atoms with Crippen molar-refractivity contribution in [3.05, 3.63) is 41.1 Å². The van der Waals surface area contributed by atoms with Crippen molar-refractivity contribution < 1.29 is 9.90 Å². The van der Waals surface area contributed by atoms with E-state index in [9.17, 15) is 4.79 Å². The van der Waals surface area contributed by atoms with Gasteiger partial charge in [0.25, 0.3) is 0 Å². The molecule has 0 amide bonds. The number of likely N-dealkylation sites (N-methyl/N-ethyl adjacent to an activating group) is 1. The molecule has 0 aliphatic rings. The second-order valence-corrected chi connectivity index (χ2v) is 5.06. The van der Waals surface area contributed by atoms with E-state index >= 15 is 0 Å². The van der Waals surface area contributed by atoms with E-state index in [1.54, 1.807) is 13.1 Å². The highest BCUT2D eigenvalue weighted by atomic mass is 79.9. The Hall–Kier alpha value is -2.15. The van der Waals surface area contributed by atoms with Crippen molar-refractivity contribution >= 4 is 39.2 Å². The van der Waals surface area contributed by atoms with Crippen LogP contribution in [-0.4, -0.2) is 34.6 Å². The lowest BCUT2D eigenvalue weighted by molar-refractivity contribution is -0.135. The quantitative estimate of drug-likeness (QED) is 0.873. The van der Waals surface area contributed by atoms with Crippen molar-refractivity contribution in [1.29, 1.82) is 0 Å². The summed E-state index contributed by atoms with van der Waals surface area (Å²) < 4.78 is 0.993. The molecule has 20 heavy (non-hydrogen) atoms. The van der Waals surface area contributed by atoms with Gasteiger partial charge in [0.2, 0.25) is 0 Å². The van der Waals surface area contributed by atoms with Crippen LogP contribution in [0.25, 0.3) is 0 Å². The van der Waals surface area contributed by atoms with Crippen LogP contribution in [0.2, 0.25) is 0 Å². The third kappa shape index (κ3) is 3.92. The van der Waals surface area contributed by atoms with Gasteiger partial charge in [-0.25, -0.2) is 9.97 Å². The van der Waals surface area contributed by atoms with Crippen LogP contribution in [0.5, 0.6) is 0 Å². The average molecular weight is 337 g/mol. The predicted molar refractivity (Wildman–Crippen MR) is 80.4 cm³/mol. The Morgan fingerprint density at radius 3 is 2.70 bits per heavy atom. The molecule has 0 saturated heterocycles. The summed E-state index contributed by atoms with van der Waals surface area (Å²) in [6, 6.07) is 9.35. The van der Waals surface area contributed by atoms with Crippen LogP contribution in [0.1, 0.15) is 0 Å². The lowest BCUT2D eigenvalue weighted by atomic mass is 10.3. The first-order valence-electron chi connectivity index (χ1n) is 5.82. The summed E-state index contributed by atoms with van der Waals surface area (Å²) >= 11 is 3.37. The van der Waals surface area contributed by atoms with Gasteiger partial charge in [-0.3, -0.25) is 4.79 Å². The van der Waals surface area contributed by atoms with Gasteiger partial charge in [-0.1, -0.05) is 15.9 Å². The molecule has 104 valence electrons. The second-order valence-electron chi connectivity index (χ2n) is 4.14. The zero-order chi connectivity index (χ0) is 14.5. The number of carbonyl (C=O) groups is 1. The Morgan fingerprint density at radius 2 is 2.05 bits per heavy atom. The summed E-state index contributed by atoms with van der Waals surface area (Å²) in [5.74, 6) is 0.241. The average Bonchev–Trinajstić information content (AvgIpc) is 2.41. The van der Waals surface area contributed by atoms with Gasteiger partial charge in [0.15, 0.2) is 0 Å². The van der Waals surface area contributed by atoms with Gasteiger partial charge in [0.1, 0.15) is 24.5 Å². The highest BCUT2D eigenvalue weighted by Gasteiger charge is 2.08. The summed E-state index contributed by atoms with van der Waals surface area (Å²) in [6.45, 7) is -0.116. The second kappa shape index (κ2) is 6.33. The van der Waals surface area contributed by atoms with E-state index in [0.717, 1.165) is 10.2 Å². The Labute approximate surface area is 124 Å². The van der Waals surface area contributed by atoms with Crippen LogP contribution < -0.4 is 10.2 Å². The highest BCUT2D eigenvalue weighted by Crippen LogP contribution is 2.19. The molecule has 7 heteroatoms. The predicted octanol–water partition coefficient (Wildman–Crippen LogP) is 2.50. The van der Waals surface area contributed by atoms with Gasteiger partial charge in [-0.2, -0.15) is 0 Å². The molecule has 2 rings (SSSR count). The van der Waals surface area contributed by atoms with Crippen molar-refractivity contribution in [1.82, 2.24) is 9.97 Å². The summed E-state index contributed by atoms with van der Waals surface area (Å²) in [7, 11) is 1.67. The maximum absolute atomic E-state index is 10.7. The van der Waals surface area contributed by atoms with Crippen LogP contribution in [0.4, 0.5) is 17.3 Å². The summed E-state index contributed by atoms with van der Waals surface area (Å²) in [6.07, 6.45) is 1.40. The van der Waals surface area contributed by atoms with Crippen LogP contribution in [0.3, 0.4) is 0 Å². The number of anilines is 3. The molecule has 1 heterocycles. The Morgan fingerprint density at radius 1 is 1.35 bits per heavy atom. The molecule has 0 atom stereocenters. The number of hydrogen-bond donors (Lipinski definition) is 2. The number of aliphatic carboxylic acids is 1. The monoisotopic (exact) mass is 336 g/mol. The van der Waals surface area contributed by atoms with Crippen LogP contribution in [0, 0.1) is 0 Å². The third-order valence-corrected chi connectivity index (χ3v) is 3.06. The molecule has 2 N–H and O–H groups in total. The minimum absolute atomic E-state index is 0.116. The first-order chi connectivity index (χ1) is 9.54. The number of nitrogens with zero attached hydrogens (tertiary/aromatic N) is 3. The molecule has 1 aromatic carbocycles. The molecule has 0 spiro atoms. The maximum atomic E-state index is 10.7. The molecule has 0 aliphatic heterocycles. The fourth-order valence-electron chi connectivity index (χ4n) is 1.59. The van der Waals surface area contributed by atoms with Crippen LogP contribution in [-0.2, 0) is 4.79 Å². The van der Waals surface area contributed by atoms with E-state index in [2.05, 4.69) is 31.2 Å². The van der Waals surface area contributed by atoms with Gasteiger partial charge in [-0.05, 0) is 24.3 Å². The fourth-order valence-corrected chi connectivity index (χ4v) is 1.85. The molecular formula is C13H13BrN4O2. The summed E-state index contributed by atoms with van der Waals surface area (Å²) in [4.78, 5) is 20.4. The topological polar surface area (TPSA) is 78.4 Å². The zero-order valence-corrected chi connectivity index (χ0v) is 12.3. The van der Waals surface area contributed by atoms with Gasteiger partial charge in [-0.15, -0.1) is 0 Å². The molecule has 0 bridgehead atoms. The Balaban J connectivity index is 2.13. The van der Waals surface area contributed by atoms with Crippen molar-refractivity contribution in [2.75, 3.05) is 23.8 Å². The molecule has 0 aliphatic carbocycles. The van der Waals surface area contributed by atoms with E-state index in [4.69, 9.17) is 5.11 Å². The number of aromatic nitrogens is 2. The number of hydrogen-bond acceptors (Lipinski definition) is 5. The largest absolute Gasteiger partial charge is 0.480 e. The maximum Gasteiger partial charge on any atom is 0.323 e. The van der Waals surface area contributed by atoms with Gasteiger partial charge >= 0.3 is 5.97 Å². The molecular weight excluding hydrogens is 324 g/mol. The van der Waals surface area contributed by atoms with Crippen molar-refractivity contribution in [3.8, 4) is 0 Å². The number of rotatable bonds is 5. The van der Waals surface area contributed by atoms with Crippen LogP contribution >= 0.6 is 15.9 Å². The van der Waals surface area contributed by atoms with E-state index in [1.165, 1.54) is 11.2 Å². The zero-order valence-electron chi connectivity index (χ0n) is 10.7. The van der Waals surface area contributed by atoms with E-state index in [0.29, 0.717) is 11.6 Å². The number of carboxylic acids is 1. The molecule has 2 aromatic rings. The number of halogens is 1. The molecule has 0 fully saturated rings. The number of carboxylic acid groups (broad SMARTS) is 1. The SMILES string of the molecule is CN(CC(=O)O)c1cc(Nc2ccc(Br)cc2)ncn1. The van der Waals surface area contributed by atoms with Crippen molar-refractivity contribution in [2.24, 2.45) is 0 Å². The van der Waals surface area contributed by atoms with E-state index in [1.807, 2.05) is 24.3 Å². The Kier molecular flexibility index (Phi) is 4.52. The molecule has 0 unspecified atom stereocenters. The van der Waals surface area contributed by atoms with Gasteiger partial charge in [0, 0.05) is 23.3 Å². The third-order valence-electron chi connectivity index (χ3n) is 2.53. The first kappa shape index (κ1) is 14.3. The molecule has 6 nitrogen and oxygen atoms in total. The fraction of sp³-hybridized carbons (Fsp3) is 0.154. The standard InChI is InChI=1S/C13H13BrN4O2/c1-18(7-13(19)20)12-6-11(15-8-16-12)17-10-4-2-9(14)3-5-10/h2-6,8H,7H2,1H3,(H,19,20)(H,15,16,17). The minimum atomic E-state index is -0.909.